The average molecular weight is 389 g/mol. The first-order valence-electron chi connectivity index (χ1n) is 6.60. The van der Waals surface area contributed by atoms with Crippen molar-refractivity contribution in [2.75, 3.05) is 17.2 Å². The lowest BCUT2D eigenvalue weighted by molar-refractivity contribution is -0.115. The Labute approximate surface area is 152 Å². The Hall–Kier alpha value is -1.28. The van der Waals surface area contributed by atoms with Crippen LogP contribution in [0.5, 0.6) is 0 Å². The number of benzene rings is 1. The van der Waals surface area contributed by atoms with E-state index in [9.17, 15) is 4.79 Å². The number of hydrogen-bond donors (Lipinski definition) is 2. The molecule has 0 spiro atoms. The molecule has 0 saturated heterocycles. The Morgan fingerprint density at radius 3 is 3.00 bits per heavy atom. The molecule has 1 atom stereocenters. The zero-order valence-corrected chi connectivity index (χ0v) is 15.3. The van der Waals surface area contributed by atoms with E-state index in [1.54, 1.807) is 31.2 Å². The normalized spacial score (nSPS) is 11.8. The Kier molecular flexibility index (Phi) is 6.71. The largest absolute Gasteiger partial charge is 0.357 e. The molecule has 23 heavy (non-hydrogen) atoms. The van der Waals surface area contributed by atoms with E-state index in [4.69, 9.17) is 23.2 Å². The number of carbonyl (C=O) groups is 1. The van der Waals surface area contributed by atoms with E-state index in [-0.39, 0.29) is 11.2 Å². The smallest absolute Gasteiger partial charge is 0.237 e. The third kappa shape index (κ3) is 5.39. The maximum absolute atomic E-state index is 12.3. The summed E-state index contributed by atoms with van der Waals surface area (Å²) < 4.78 is 0.705. The predicted octanol–water partition coefficient (Wildman–Crippen LogP) is 4.56. The highest BCUT2D eigenvalue weighted by Gasteiger charge is 2.18. The number of nitrogens with zero attached hydrogens (tertiary/aromatic N) is 2. The van der Waals surface area contributed by atoms with E-state index < -0.39 is 0 Å². The van der Waals surface area contributed by atoms with Gasteiger partial charge in [0.1, 0.15) is 0 Å². The number of nitrogens with one attached hydrogen (secondary N) is 2. The Bertz CT molecular complexity index is 708. The molecule has 5 nitrogen and oxygen atoms in total. The van der Waals surface area contributed by atoms with E-state index in [0.29, 0.717) is 31.7 Å². The highest BCUT2D eigenvalue weighted by Crippen LogP contribution is 2.30. The number of anilines is 2. The van der Waals surface area contributed by atoms with Gasteiger partial charge in [0.05, 0.1) is 16.0 Å². The van der Waals surface area contributed by atoms with Gasteiger partial charge in [0.25, 0.3) is 0 Å². The fourth-order valence-electron chi connectivity index (χ4n) is 1.52. The van der Waals surface area contributed by atoms with Gasteiger partial charge in [0.15, 0.2) is 4.34 Å². The van der Waals surface area contributed by atoms with Crippen molar-refractivity contribution in [2.45, 2.75) is 16.5 Å². The molecule has 0 fully saturated rings. The van der Waals surface area contributed by atoms with Crippen LogP contribution in [0, 0.1) is 0 Å². The maximum atomic E-state index is 12.3. The third-order valence-electron chi connectivity index (χ3n) is 2.64. The monoisotopic (exact) mass is 388 g/mol. The topological polar surface area (TPSA) is 66.9 Å². The zero-order valence-electron chi connectivity index (χ0n) is 12.2. The number of rotatable bonds is 7. The fourth-order valence-corrected chi connectivity index (χ4v) is 3.76. The van der Waals surface area contributed by atoms with Crippen molar-refractivity contribution in [2.24, 2.45) is 0 Å². The molecule has 0 saturated carbocycles. The Balaban J connectivity index is 1.95. The lowest BCUT2D eigenvalue weighted by Gasteiger charge is -2.11. The summed E-state index contributed by atoms with van der Waals surface area (Å²) in [4.78, 5) is 12.3. The first-order valence-corrected chi connectivity index (χ1v) is 9.05. The number of hydrogen-bond acceptors (Lipinski definition) is 6. The second-order valence-electron chi connectivity index (χ2n) is 4.42. The molecular formula is C14H14Cl2N4OS2. The standard InChI is InChI=1S/C14H14Cl2N4OS2/c1-3-6-17-13-19-20-14(23-13)22-8(2)12(21)18-11-7-9(15)4-5-10(11)16/h3-5,7-8H,1,6H2,2H3,(H,17,19)(H,18,21). The number of thioether (sulfide) groups is 1. The SMILES string of the molecule is C=CCNc1nnc(SC(C)C(=O)Nc2cc(Cl)ccc2Cl)s1. The van der Waals surface area contributed by atoms with Crippen LogP contribution in [0.15, 0.2) is 35.2 Å². The minimum Gasteiger partial charge on any atom is -0.357 e. The fraction of sp³-hybridized carbons (Fsp3) is 0.214. The molecule has 1 heterocycles. The van der Waals surface area contributed by atoms with Gasteiger partial charge in [-0.15, -0.1) is 16.8 Å². The van der Waals surface area contributed by atoms with Crippen LogP contribution in [-0.4, -0.2) is 27.9 Å². The molecule has 1 aromatic heterocycles. The Morgan fingerprint density at radius 1 is 1.48 bits per heavy atom. The van der Waals surface area contributed by atoms with Crippen LogP contribution >= 0.6 is 46.3 Å². The van der Waals surface area contributed by atoms with Crippen molar-refractivity contribution in [3.8, 4) is 0 Å². The molecule has 2 aromatic rings. The Morgan fingerprint density at radius 2 is 2.26 bits per heavy atom. The maximum Gasteiger partial charge on any atom is 0.237 e. The van der Waals surface area contributed by atoms with Gasteiger partial charge in [-0.1, -0.05) is 52.4 Å². The molecule has 1 unspecified atom stereocenters. The zero-order chi connectivity index (χ0) is 16.8. The molecule has 0 aliphatic carbocycles. The summed E-state index contributed by atoms with van der Waals surface area (Å²) >= 11 is 14.7. The summed E-state index contributed by atoms with van der Waals surface area (Å²) in [6.45, 7) is 6.02. The van der Waals surface area contributed by atoms with Crippen molar-refractivity contribution in [1.29, 1.82) is 0 Å². The molecule has 1 aromatic carbocycles. The van der Waals surface area contributed by atoms with Gasteiger partial charge in [-0.25, -0.2) is 0 Å². The van der Waals surface area contributed by atoms with Gasteiger partial charge < -0.3 is 10.6 Å². The van der Waals surface area contributed by atoms with E-state index in [0.717, 1.165) is 0 Å². The van der Waals surface area contributed by atoms with Crippen LogP contribution in [0.1, 0.15) is 6.92 Å². The van der Waals surface area contributed by atoms with Gasteiger partial charge >= 0.3 is 0 Å². The van der Waals surface area contributed by atoms with Crippen molar-refractivity contribution in [3.63, 3.8) is 0 Å². The summed E-state index contributed by atoms with van der Waals surface area (Å²) in [6, 6.07) is 4.91. The van der Waals surface area contributed by atoms with Crippen LogP contribution in [0.25, 0.3) is 0 Å². The van der Waals surface area contributed by atoms with E-state index in [2.05, 4.69) is 27.4 Å². The van der Waals surface area contributed by atoms with Crippen molar-refractivity contribution in [3.05, 3.63) is 40.9 Å². The van der Waals surface area contributed by atoms with Crippen LogP contribution in [0.3, 0.4) is 0 Å². The van der Waals surface area contributed by atoms with Gasteiger partial charge in [-0.3, -0.25) is 4.79 Å². The summed E-state index contributed by atoms with van der Waals surface area (Å²) in [7, 11) is 0. The minimum absolute atomic E-state index is 0.185. The molecule has 0 aliphatic heterocycles. The second kappa shape index (κ2) is 8.54. The van der Waals surface area contributed by atoms with E-state index in [1.165, 1.54) is 23.1 Å². The summed E-state index contributed by atoms with van der Waals surface area (Å²) in [5.74, 6) is -0.185. The van der Waals surface area contributed by atoms with Crippen LogP contribution in [0.4, 0.5) is 10.8 Å². The first-order chi connectivity index (χ1) is 11.0. The lowest BCUT2D eigenvalue weighted by Crippen LogP contribution is -2.22. The van der Waals surface area contributed by atoms with Gasteiger partial charge in [0.2, 0.25) is 11.0 Å². The van der Waals surface area contributed by atoms with Crippen molar-refractivity contribution >= 4 is 63.0 Å². The van der Waals surface area contributed by atoms with E-state index in [1.807, 2.05) is 0 Å². The molecule has 122 valence electrons. The first kappa shape index (κ1) is 18.1. The summed E-state index contributed by atoms with van der Waals surface area (Å²) in [5, 5.41) is 15.1. The number of aromatic nitrogens is 2. The highest BCUT2D eigenvalue weighted by atomic mass is 35.5. The van der Waals surface area contributed by atoms with Gasteiger partial charge in [-0.05, 0) is 25.1 Å². The number of halogens is 2. The molecule has 9 heteroatoms. The van der Waals surface area contributed by atoms with Crippen molar-refractivity contribution < 1.29 is 4.79 Å². The quantitative estimate of drug-likeness (QED) is 0.537. The van der Waals surface area contributed by atoms with Crippen molar-refractivity contribution in [1.82, 2.24) is 10.2 Å². The molecular weight excluding hydrogens is 375 g/mol. The van der Waals surface area contributed by atoms with Crippen LogP contribution in [-0.2, 0) is 4.79 Å². The predicted molar refractivity (Wildman–Crippen MR) is 99.0 cm³/mol. The highest BCUT2D eigenvalue weighted by molar-refractivity contribution is 8.02. The number of carbonyl (C=O) groups excluding carboxylic acids is 1. The molecule has 0 aliphatic rings. The molecule has 0 radical (unpaired) electrons. The summed E-state index contributed by atoms with van der Waals surface area (Å²) in [6.07, 6.45) is 1.74. The lowest BCUT2D eigenvalue weighted by atomic mass is 10.3. The molecule has 2 N–H and O–H groups in total. The van der Waals surface area contributed by atoms with E-state index >= 15 is 0 Å². The number of amides is 1. The summed E-state index contributed by atoms with van der Waals surface area (Å²) in [5.41, 5.74) is 0.488. The molecule has 1 amide bonds. The molecule has 0 bridgehead atoms. The average Bonchev–Trinajstić information content (AvgIpc) is 2.96. The molecule has 2 rings (SSSR count). The third-order valence-corrected chi connectivity index (χ3v) is 5.27. The van der Waals surface area contributed by atoms with Crippen LogP contribution in [0.2, 0.25) is 10.0 Å². The minimum atomic E-state index is -0.356. The van der Waals surface area contributed by atoms with Gasteiger partial charge in [0, 0.05) is 11.6 Å². The van der Waals surface area contributed by atoms with Crippen LogP contribution < -0.4 is 10.6 Å². The second-order valence-corrected chi connectivity index (χ2v) is 7.83. The van der Waals surface area contributed by atoms with Gasteiger partial charge in [-0.2, -0.15) is 0 Å².